The molecule has 12 aromatic carbocycles. The number of para-hydroxylation sites is 8. The molecule has 0 amide bonds. The lowest BCUT2D eigenvalue weighted by molar-refractivity contribution is 0.663. The molecule has 0 saturated heterocycles. The van der Waals surface area contributed by atoms with Crippen molar-refractivity contribution < 1.29 is 17.7 Å². The highest BCUT2D eigenvalue weighted by Gasteiger charge is 2.31. The van der Waals surface area contributed by atoms with Gasteiger partial charge in [0.1, 0.15) is 22.3 Å². The van der Waals surface area contributed by atoms with Crippen molar-refractivity contribution >= 4 is 154 Å². The fraction of sp³-hybridized carbons (Fsp3) is 0.111. The molecule has 0 bridgehead atoms. The van der Waals surface area contributed by atoms with Crippen LogP contribution in [-0.2, 0) is 0 Å². The lowest BCUT2D eigenvalue weighted by Gasteiger charge is -2.31. The maximum absolute atomic E-state index is 7.09. The quantitative estimate of drug-likeness (QED) is 0.141. The van der Waals surface area contributed by atoms with Crippen molar-refractivity contribution in [3.63, 3.8) is 0 Å². The first kappa shape index (κ1) is 44.7. The number of hydrogen-bond donors (Lipinski definition) is 0. The summed E-state index contributed by atoms with van der Waals surface area (Å²) in [5.74, 6) is 0.337. The van der Waals surface area contributed by atoms with E-state index in [4.69, 9.17) is 17.7 Å². The molecule has 0 aliphatic heterocycles. The maximum atomic E-state index is 7.09. The van der Waals surface area contributed by atoms with Crippen LogP contribution in [0.2, 0.25) is 0 Å². The molecule has 0 atom stereocenters. The zero-order chi connectivity index (χ0) is 52.2. The Labute approximate surface area is 449 Å². The molecule has 16 aromatic rings. The van der Waals surface area contributed by atoms with E-state index in [2.05, 4.69) is 233 Å². The summed E-state index contributed by atoms with van der Waals surface area (Å²) in [7, 11) is 0. The van der Waals surface area contributed by atoms with Gasteiger partial charge in [0.25, 0.3) is 0 Å². The number of benzene rings is 12. The molecule has 0 N–H and O–H groups in total. The highest BCUT2D eigenvalue weighted by atomic mass is 16.3. The number of rotatable bonds is 8. The van der Waals surface area contributed by atoms with E-state index in [1.165, 1.54) is 32.7 Å². The van der Waals surface area contributed by atoms with Crippen LogP contribution in [0.5, 0.6) is 0 Å². The summed E-state index contributed by atoms with van der Waals surface area (Å²) in [5, 5.41) is 15.7. The molecule has 4 heterocycles. The average Bonchev–Trinajstić information content (AvgIpc) is 3.91. The molecule has 374 valence electrons. The molecular formula is C72H52N2O4. The van der Waals surface area contributed by atoms with Crippen LogP contribution in [0.15, 0.2) is 212 Å². The van der Waals surface area contributed by atoms with Gasteiger partial charge < -0.3 is 27.5 Å². The van der Waals surface area contributed by atoms with Crippen molar-refractivity contribution in [2.45, 2.75) is 53.4 Å². The molecule has 0 radical (unpaired) electrons. The minimum atomic E-state index is 0.169. The molecule has 6 nitrogen and oxygen atoms in total. The second-order valence-electron chi connectivity index (χ2n) is 21.9. The van der Waals surface area contributed by atoms with Gasteiger partial charge in [0.15, 0.2) is 22.3 Å². The van der Waals surface area contributed by atoms with Crippen LogP contribution in [0.3, 0.4) is 0 Å². The van der Waals surface area contributed by atoms with Crippen LogP contribution in [0.25, 0.3) is 120 Å². The molecule has 6 heteroatoms. The number of furan rings is 4. The van der Waals surface area contributed by atoms with Gasteiger partial charge >= 0.3 is 0 Å². The van der Waals surface area contributed by atoms with E-state index >= 15 is 0 Å². The second kappa shape index (κ2) is 16.5. The zero-order valence-corrected chi connectivity index (χ0v) is 44.2. The normalized spacial score (nSPS) is 12.5. The van der Waals surface area contributed by atoms with Gasteiger partial charge in [0.05, 0.1) is 34.1 Å². The van der Waals surface area contributed by atoms with Gasteiger partial charge in [-0.05, 0) is 118 Å². The first-order chi connectivity index (χ1) is 38.2. The van der Waals surface area contributed by atoms with Crippen molar-refractivity contribution in [2.24, 2.45) is 0 Å². The number of hydrogen-bond acceptors (Lipinski definition) is 6. The van der Waals surface area contributed by atoms with Crippen LogP contribution in [0.4, 0.5) is 34.1 Å². The lowest BCUT2D eigenvalue weighted by Crippen LogP contribution is -2.13. The standard InChI is InChI=1S/C72H52N2O4/c1-39(2)55-37-61(73(57-27-13-23-47-43-19-7-9-31-63(43)75-69(47)57)59-29-15-25-51-49-21-11-17-41(5)67(49)77-71(51)59)53-36-34-46-56(40(3)4)38-62(54-35-33-45(55)65(53)66(46)54)74(58-28-14-24-48-44-20-8-10-32-64(44)76-70(48)58)60-30-16-26-52-50-22-12-18-42(6)68(50)78-72(52)60/h7-40H,1-6H3. The van der Waals surface area contributed by atoms with Crippen molar-refractivity contribution in [1.82, 2.24) is 0 Å². The van der Waals surface area contributed by atoms with Crippen LogP contribution < -0.4 is 9.80 Å². The fourth-order valence-corrected chi connectivity index (χ4v) is 13.2. The van der Waals surface area contributed by atoms with Gasteiger partial charge in [-0.3, -0.25) is 0 Å². The van der Waals surface area contributed by atoms with Crippen molar-refractivity contribution in [2.75, 3.05) is 9.80 Å². The van der Waals surface area contributed by atoms with E-state index in [0.717, 1.165) is 144 Å². The topological polar surface area (TPSA) is 59.0 Å². The summed E-state index contributed by atoms with van der Waals surface area (Å²) < 4.78 is 28.1. The molecule has 4 aromatic heterocycles. The van der Waals surface area contributed by atoms with Gasteiger partial charge in [0, 0.05) is 53.9 Å². The summed E-state index contributed by atoms with van der Waals surface area (Å²) >= 11 is 0. The third-order valence-electron chi connectivity index (χ3n) is 16.8. The van der Waals surface area contributed by atoms with E-state index in [-0.39, 0.29) is 11.8 Å². The Kier molecular flexibility index (Phi) is 9.46. The molecule has 0 aliphatic rings. The molecule has 78 heavy (non-hydrogen) atoms. The maximum Gasteiger partial charge on any atom is 0.159 e. The molecule has 0 spiro atoms. The van der Waals surface area contributed by atoms with Crippen molar-refractivity contribution in [3.8, 4) is 0 Å². The molecular weight excluding hydrogens is 957 g/mol. The smallest absolute Gasteiger partial charge is 0.159 e. The first-order valence-corrected chi connectivity index (χ1v) is 27.2. The second-order valence-corrected chi connectivity index (χ2v) is 21.9. The largest absolute Gasteiger partial charge is 0.454 e. The fourth-order valence-electron chi connectivity index (χ4n) is 13.2. The van der Waals surface area contributed by atoms with Crippen LogP contribution >= 0.6 is 0 Å². The van der Waals surface area contributed by atoms with Crippen LogP contribution in [0, 0.1) is 13.8 Å². The summed E-state index contributed by atoms with van der Waals surface area (Å²) in [6, 6.07) is 70.1. The summed E-state index contributed by atoms with van der Waals surface area (Å²) in [5.41, 5.74) is 17.3. The SMILES string of the molecule is Cc1cccc2c1oc1c(N(c3cc(C(C)C)c4ccc5c(N(c6cccc7c6oc6ccccc67)c6cccc7c6oc6c(C)cccc67)cc(C(C)C)c6ccc3c4c65)c3cccc4c3oc3ccccc34)cccc12. The first-order valence-electron chi connectivity index (χ1n) is 27.2. The number of fused-ring (bicyclic) bond motifs is 12. The molecule has 0 aliphatic carbocycles. The molecule has 0 saturated carbocycles. The van der Waals surface area contributed by atoms with E-state index in [1.807, 2.05) is 12.1 Å². The summed E-state index contributed by atoms with van der Waals surface area (Å²) in [4.78, 5) is 4.84. The van der Waals surface area contributed by atoms with E-state index < -0.39 is 0 Å². The number of aryl methyl sites for hydroxylation is 2. The predicted octanol–water partition coefficient (Wildman–Crippen LogP) is 22.0. The Morgan fingerprint density at radius 3 is 0.962 bits per heavy atom. The van der Waals surface area contributed by atoms with Gasteiger partial charge in [-0.25, -0.2) is 0 Å². The van der Waals surface area contributed by atoms with Gasteiger partial charge in [-0.1, -0.05) is 173 Å². The Hall–Kier alpha value is -9.52. The third-order valence-corrected chi connectivity index (χ3v) is 16.8. The van der Waals surface area contributed by atoms with Gasteiger partial charge in [-0.2, -0.15) is 0 Å². The number of anilines is 6. The Morgan fingerprint density at radius 2 is 0.577 bits per heavy atom. The monoisotopic (exact) mass is 1010 g/mol. The van der Waals surface area contributed by atoms with Crippen molar-refractivity contribution in [3.05, 3.63) is 216 Å². The molecule has 0 fully saturated rings. The number of nitrogens with zero attached hydrogens (tertiary/aromatic N) is 2. The zero-order valence-electron chi connectivity index (χ0n) is 44.2. The molecule has 16 rings (SSSR count). The average molecular weight is 1010 g/mol. The summed E-state index contributed by atoms with van der Waals surface area (Å²) in [6.07, 6.45) is 0. The Morgan fingerprint density at radius 1 is 0.269 bits per heavy atom. The third kappa shape index (κ3) is 6.20. The minimum absolute atomic E-state index is 0.169. The highest BCUT2D eigenvalue weighted by Crippen LogP contribution is 2.55. The van der Waals surface area contributed by atoms with E-state index in [0.29, 0.717) is 0 Å². The van der Waals surface area contributed by atoms with E-state index in [9.17, 15) is 0 Å². The van der Waals surface area contributed by atoms with Gasteiger partial charge in [-0.15, -0.1) is 0 Å². The Balaban J connectivity index is 1.05. The lowest BCUT2D eigenvalue weighted by atomic mass is 9.84. The van der Waals surface area contributed by atoms with Crippen LogP contribution in [-0.4, -0.2) is 0 Å². The summed E-state index contributed by atoms with van der Waals surface area (Å²) in [6.45, 7) is 13.5. The Bertz CT molecular complexity index is 4840. The van der Waals surface area contributed by atoms with Crippen molar-refractivity contribution in [1.29, 1.82) is 0 Å². The van der Waals surface area contributed by atoms with Gasteiger partial charge in [0.2, 0.25) is 0 Å². The van der Waals surface area contributed by atoms with E-state index in [1.54, 1.807) is 0 Å². The highest BCUT2D eigenvalue weighted by molar-refractivity contribution is 6.31. The minimum Gasteiger partial charge on any atom is -0.454 e. The van der Waals surface area contributed by atoms with Crippen LogP contribution in [0.1, 0.15) is 61.8 Å². The molecule has 0 unspecified atom stereocenters. The predicted molar refractivity (Wildman–Crippen MR) is 326 cm³/mol.